The highest BCUT2D eigenvalue weighted by molar-refractivity contribution is 5.80. The first-order chi connectivity index (χ1) is 11.6. The Labute approximate surface area is 142 Å². The quantitative estimate of drug-likeness (QED) is 0.759. The Bertz CT molecular complexity index is 591. The largest absolute Gasteiger partial charge is 0.480 e. The van der Waals surface area contributed by atoms with Crippen LogP contribution in [0, 0.1) is 5.92 Å². The zero-order valence-corrected chi connectivity index (χ0v) is 13.8. The molecule has 1 amide bonds. The molecule has 1 aromatic rings. The van der Waals surface area contributed by atoms with Gasteiger partial charge in [-0.1, -0.05) is 18.2 Å². The number of benzene rings is 1. The van der Waals surface area contributed by atoms with Crippen LogP contribution in [0.3, 0.4) is 0 Å². The standard InChI is InChI=1S/C18H25N3O3/c22-17(14-7-8-15(18(23)24)19-12-14)20-11-13-5-1-2-6-16(13)21-9-3-4-10-21/h1-2,5-6,14-15,19H,3-4,7-12H2,(H,20,22)(H,23,24). The molecule has 1 aromatic carbocycles. The van der Waals surface area contributed by atoms with E-state index >= 15 is 0 Å². The van der Waals surface area contributed by atoms with Crippen LogP contribution in [0.5, 0.6) is 0 Å². The smallest absolute Gasteiger partial charge is 0.320 e. The van der Waals surface area contributed by atoms with Gasteiger partial charge in [0.1, 0.15) is 6.04 Å². The molecule has 3 N–H and O–H groups in total. The molecule has 3 rings (SSSR count). The summed E-state index contributed by atoms with van der Waals surface area (Å²) in [7, 11) is 0. The van der Waals surface area contributed by atoms with E-state index in [0.717, 1.165) is 18.7 Å². The summed E-state index contributed by atoms with van der Waals surface area (Å²) in [6, 6.07) is 7.70. The van der Waals surface area contributed by atoms with Crippen LogP contribution >= 0.6 is 0 Å². The third-order valence-corrected chi connectivity index (χ3v) is 4.97. The average molecular weight is 331 g/mol. The number of carbonyl (C=O) groups is 2. The van der Waals surface area contributed by atoms with Crippen LogP contribution in [-0.2, 0) is 16.1 Å². The molecule has 0 spiro atoms. The molecule has 24 heavy (non-hydrogen) atoms. The van der Waals surface area contributed by atoms with E-state index in [9.17, 15) is 9.59 Å². The van der Waals surface area contributed by atoms with E-state index in [1.807, 2.05) is 12.1 Å². The third kappa shape index (κ3) is 3.87. The van der Waals surface area contributed by atoms with E-state index in [1.165, 1.54) is 18.5 Å². The maximum absolute atomic E-state index is 12.4. The molecule has 0 saturated carbocycles. The van der Waals surface area contributed by atoms with Crippen LogP contribution in [0.25, 0.3) is 0 Å². The van der Waals surface area contributed by atoms with Gasteiger partial charge >= 0.3 is 5.97 Å². The molecule has 2 fully saturated rings. The van der Waals surface area contributed by atoms with Crippen LogP contribution in [0.2, 0.25) is 0 Å². The molecule has 0 radical (unpaired) electrons. The number of piperidine rings is 1. The van der Waals surface area contributed by atoms with Gasteiger partial charge in [0.2, 0.25) is 5.91 Å². The summed E-state index contributed by atoms with van der Waals surface area (Å²) in [6.45, 7) is 3.10. The van der Waals surface area contributed by atoms with Crippen molar-refractivity contribution in [3.05, 3.63) is 29.8 Å². The number of carbonyl (C=O) groups excluding carboxylic acids is 1. The first-order valence-electron chi connectivity index (χ1n) is 8.72. The Balaban J connectivity index is 1.54. The maximum Gasteiger partial charge on any atom is 0.320 e. The second kappa shape index (κ2) is 7.66. The van der Waals surface area contributed by atoms with Crippen molar-refractivity contribution in [1.82, 2.24) is 10.6 Å². The van der Waals surface area contributed by atoms with E-state index in [-0.39, 0.29) is 11.8 Å². The number of anilines is 1. The number of nitrogens with one attached hydrogen (secondary N) is 2. The minimum Gasteiger partial charge on any atom is -0.480 e. The highest BCUT2D eigenvalue weighted by Gasteiger charge is 2.29. The van der Waals surface area contributed by atoms with Gasteiger partial charge in [0.25, 0.3) is 0 Å². The van der Waals surface area contributed by atoms with Crippen molar-refractivity contribution in [3.8, 4) is 0 Å². The number of hydrogen-bond acceptors (Lipinski definition) is 4. The summed E-state index contributed by atoms with van der Waals surface area (Å²) < 4.78 is 0. The number of hydrogen-bond donors (Lipinski definition) is 3. The van der Waals surface area contributed by atoms with Crippen LogP contribution in [0.15, 0.2) is 24.3 Å². The number of carboxylic acids is 1. The van der Waals surface area contributed by atoms with Crippen LogP contribution in [0.4, 0.5) is 5.69 Å². The summed E-state index contributed by atoms with van der Waals surface area (Å²) >= 11 is 0. The predicted octanol–water partition coefficient (Wildman–Crippen LogP) is 1.36. The average Bonchev–Trinajstić information content (AvgIpc) is 3.14. The zero-order valence-electron chi connectivity index (χ0n) is 13.8. The summed E-state index contributed by atoms with van der Waals surface area (Å²) in [5, 5.41) is 14.9. The highest BCUT2D eigenvalue weighted by Crippen LogP contribution is 2.24. The van der Waals surface area contributed by atoms with Gasteiger partial charge in [0.15, 0.2) is 0 Å². The number of aliphatic carboxylic acids is 1. The van der Waals surface area contributed by atoms with Gasteiger partial charge in [-0.15, -0.1) is 0 Å². The first-order valence-corrected chi connectivity index (χ1v) is 8.72. The molecule has 2 aliphatic heterocycles. The number of carboxylic acid groups (broad SMARTS) is 1. The van der Waals surface area contributed by atoms with Gasteiger partial charge in [-0.2, -0.15) is 0 Å². The molecular weight excluding hydrogens is 306 g/mol. The van der Waals surface area contributed by atoms with Crippen LogP contribution < -0.4 is 15.5 Å². The summed E-state index contributed by atoms with van der Waals surface area (Å²) in [6.07, 6.45) is 3.56. The Morgan fingerprint density at radius 1 is 1.21 bits per heavy atom. The Hall–Kier alpha value is -2.08. The Morgan fingerprint density at radius 2 is 1.96 bits per heavy atom. The molecule has 2 heterocycles. The number of para-hydroxylation sites is 1. The number of amides is 1. The number of nitrogens with zero attached hydrogens (tertiary/aromatic N) is 1. The third-order valence-electron chi connectivity index (χ3n) is 4.97. The van der Waals surface area contributed by atoms with Gasteiger partial charge in [-0.05, 0) is 37.3 Å². The van der Waals surface area contributed by atoms with Crippen molar-refractivity contribution in [3.63, 3.8) is 0 Å². The van der Waals surface area contributed by atoms with Crippen molar-refractivity contribution in [2.75, 3.05) is 24.5 Å². The fourth-order valence-electron chi connectivity index (χ4n) is 3.54. The summed E-state index contributed by atoms with van der Waals surface area (Å²) in [5.74, 6) is -0.990. The predicted molar refractivity (Wildman–Crippen MR) is 91.9 cm³/mol. The van der Waals surface area contributed by atoms with Crippen LogP contribution in [-0.4, -0.2) is 42.7 Å². The van der Waals surface area contributed by atoms with E-state index in [1.54, 1.807) is 0 Å². The monoisotopic (exact) mass is 331 g/mol. The molecule has 2 unspecified atom stereocenters. The lowest BCUT2D eigenvalue weighted by molar-refractivity contribution is -0.141. The second-order valence-electron chi connectivity index (χ2n) is 6.61. The topological polar surface area (TPSA) is 81.7 Å². The van der Waals surface area contributed by atoms with E-state index in [0.29, 0.717) is 25.9 Å². The lowest BCUT2D eigenvalue weighted by atomic mass is 9.94. The maximum atomic E-state index is 12.4. The molecule has 0 aromatic heterocycles. The SMILES string of the molecule is O=C(NCc1ccccc1N1CCCC1)C1CCC(C(=O)O)NC1. The lowest BCUT2D eigenvalue weighted by Gasteiger charge is -2.27. The molecule has 2 saturated heterocycles. The molecule has 6 nitrogen and oxygen atoms in total. The normalized spacial score (nSPS) is 23.9. The van der Waals surface area contributed by atoms with Gasteiger partial charge in [0, 0.05) is 31.9 Å². The van der Waals surface area contributed by atoms with E-state index in [4.69, 9.17) is 5.11 Å². The lowest BCUT2D eigenvalue weighted by Crippen LogP contribution is -2.48. The van der Waals surface area contributed by atoms with Gasteiger partial charge in [-0.3, -0.25) is 9.59 Å². The molecule has 0 bridgehead atoms. The molecule has 130 valence electrons. The molecular formula is C18H25N3O3. The molecule has 2 aliphatic rings. The van der Waals surface area contributed by atoms with Crippen molar-refractivity contribution < 1.29 is 14.7 Å². The molecule has 6 heteroatoms. The number of rotatable bonds is 5. The van der Waals surface area contributed by atoms with Crippen molar-refractivity contribution in [2.24, 2.45) is 5.92 Å². The zero-order chi connectivity index (χ0) is 16.9. The Morgan fingerprint density at radius 3 is 2.62 bits per heavy atom. The van der Waals surface area contributed by atoms with Gasteiger partial charge in [0.05, 0.1) is 5.92 Å². The minimum absolute atomic E-state index is 0.00237. The minimum atomic E-state index is -0.839. The second-order valence-corrected chi connectivity index (χ2v) is 6.61. The van der Waals surface area contributed by atoms with Crippen molar-refractivity contribution in [2.45, 2.75) is 38.3 Å². The van der Waals surface area contributed by atoms with Gasteiger partial charge < -0.3 is 20.6 Å². The fourth-order valence-corrected chi connectivity index (χ4v) is 3.54. The molecule has 2 atom stereocenters. The fraction of sp³-hybridized carbons (Fsp3) is 0.556. The van der Waals surface area contributed by atoms with Crippen molar-refractivity contribution in [1.29, 1.82) is 0 Å². The van der Waals surface area contributed by atoms with Crippen molar-refractivity contribution >= 4 is 17.6 Å². The Kier molecular flexibility index (Phi) is 5.35. The van der Waals surface area contributed by atoms with Gasteiger partial charge in [-0.25, -0.2) is 0 Å². The van der Waals surface area contributed by atoms with Crippen LogP contribution in [0.1, 0.15) is 31.2 Å². The summed E-state index contributed by atoms with van der Waals surface area (Å²) in [4.78, 5) is 25.7. The van der Waals surface area contributed by atoms with E-state index < -0.39 is 12.0 Å². The first kappa shape index (κ1) is 16.8. The van der Waals surface area contributed by atoms with E-state index in [2.05, 4.69) is 27.7 Å². The highest BCUT2D eigenvalue weighted by atomic mass is 16.4. The summed E-state index contributed by atoms with van der Waals surface area (Å²) in [5.41, 5.74) is 2.35. The molecule has 0 aliphatic carbocycles.